The minimum absolute atomic E-state index is 0.0486. The number of ether oxygens (including phenoxy) is 2. The molecule has 1 aliphatic rings. The van der Waals surface area contributed by atoms with Crippen LogP contribution in [0.1, 0.15) is 81.1 Å². The molecule has 0 aliphatic heterocycles. The van der Waals surface area contributed by atoms with Crippen LogP contribution in [0.2, 0.25) is 10.0 Å². The summed E-state index contributed by atoms with van der Waals surface area (Å²) in [6.07, 6.45) is -0.897. The number of hydrogen-bond donors (Lipinski definition) is 1. The number of hydrogen-bond acceptors (Lipinski definition) is 9. The maximum Gasteiger partial charge on any atom is 0.408 e. The van der Waals surface area contributed by atoms with Gasteiger partial charge in [0.05, 0.1) is 59.1 Å². The standard InChI is InChI=1S/C44H44BrCl2F4N7O6S/c1-43(2,3)64-42(60)53-33(20-25-18-27(48)21-28(49)19-25)39-54-38-36(31(47)22-32(52-38)26-12-14-44(50,51)15-13-26)41(59)58(39)34-11-10-30(46)35-37(34)56(17-16-45)55-40(35)57(65(5,61)62)23-24-6-8-29(63-4)9-7-24/h6-11,18-19,21-22,26,33H,12-17,20,23H2,1-5H3,(H,53,60)/t33-/m0/s1. The van der Waals surface area contributed by atoms with E-state index in [-0.39, 0.29) is 100 Å². The molecular weight excluding hydrogens is 981 g/mol. The molecule has 1 atom stereocenters. The van der Waals surface area contributed by atoms with E-state index < -0.39 is 56.8 Å². The molecule has 1 aliphatic carbocycles. The van der Waals surface area contributed by atoms with E-state index in [0.717, 1.165) is 27.3 Å². The first-order chi connectivity index (χ1) is 30.6. The Morgan fingerprint density at radius 1 is 0.985 bits per heavy atom. The molecule has 3 aromatic heterocycles. The fourth-order valence-corrected chi connectivity index (χ4v) is 9.57. The highest BCUT2D eigenvalue weighted by Crippen LogP contribution is 2.42. The molecule has 21 heteroatoms. The van der Waals surface area contributed by atoms with Crippen LogP contribution in [0.15, 0.2) is 65.5 Å². The Labute approximate surface area is 390 Å². The first-order valence-corrected chi connectivity index (χ1v) is 24.1. The summed E-state index contributed by atoms with van der Waals surface area (Å²) in [5.74, 6) is -4.85. The summed E-state index contributed by atoms with van der Waals surface area (Å²) in [5.41, 5.74) is -0.853. The topological polar surface area (TPSA) is 151 Å². The summed E-state index contributed by atoms with van der Waals surface area (Å²) in [7, 11) is -2.58. The van der Waals surface area contributed by atoms with Crippen molar-refractivity contribution in [2.75, 3.05) is 23.0 Å². The lowest BCUT2D eigenvalue weighted by Gasteiger charge is -2.28. The predicted octanol–water partition coefficient (Wildman–Crippen LogP) is 10.2. The molecule has 65 heavy (non-hydrogen) atoms. The van der Waals surface area contributed by atoms with Crippen LogP contribution in [0.3, 0.4) is 0 Å². The van der Waals surface area contributed by atoms with Crippen molar-refractivity contribution in [3.8, 4) is 11.4 Å². The van der Waals surface area contributed by atoms with Gasteiger partial charge in [0, 0.05) is 42.3 Å². The number of nitrogens with one attached hydrogen (secondary N) is 1. The summed E-state index contributed by atoms with van der Waals surface area (Å²) in [6.45, 7) is 4.82. The Kier molecular flexibility index (Phi) is 13.8. The molecule has 1 N–H and O–H groups in total. The van der Waals surface area contributed by atoms with Crippen molar-refractivity contribution in [2.45, 2.75) is 89.4 Å². The molecule has 1 fully saturated rings. The summed E-state index contributed by atoms with van der Waals surface area (Å²) in [6, 6.07) is 12.5. The van der Waals surface area contributed by atoms with Crippen LogP contribution in [0.25, 0.3) is 27.6 Å². The minimum Gasteiger partial charge on any atom is -0.497 e. The number of rotatable bonds is 13. The lowest BCUT2D eigenvalue weighted by Crippen LogP contribution is -2.39. The number of pyridine rings is 1. The number of carbonyl (C=O) groups is 1. The van der Waals surface area contributed by atoms with Gasteiger partial charge in [-0.05, 0) is 87.2 Å². The zero-order chi connectivity index (χ0) is 47.2. The van der Waals surface area contributed by atoms with E-state index in [1.807, 2.05) is 0 Å². The minimum atomic E-state index is -4.09. The molecule has 6 aromatic rings. The number of sulfonamides is 1. The number of aryl methyl sites for hydroxylation is 1. The number of benzene rings is 3. The monoisotopic (exact) mass is 1020 g/mol. The van der Waals surface area contributed by atoms with Gasteiger partial charge in [-0.2, -0.15) is 5.10 Å². The lowest BCUT2D eigenvalue weighted by molar-refractivity contribution is -0.0384. The van der Waals surface area contributed by atoms with Gasteiger partial charge in [0.1, 0.15) is 34.2 Å². The second-order valence-corrected chi connectivity index (χ2v) is 20.3. The Morgan fingerprint density at radius 2 is 1.65 bits per heavy atom. The van der Waals surface area contributed by atoms with Crippen molar-refractivity contribution in [2.24, 2.45) is 0 Å². The Hall–Kier alpha value is -4.98. The van der Waals surface area contributed by atoms with Gasteiger partial charge < -0.3 is 14.8 Å². The first-order valence-electron chi connectivity index (χ1n) is 20.4. The smallest absolute Gasteiger partial charge is 0.408 e. The van der Waals surface area contributed by atoms with Crippen LogP contribution in [-0.2, 0) is 34.3 Å². The number of amides is 1. The maximum absolute atomic E-state index is 15.4. The number of halogens is 7. The zero-order valence-corrected chi connectivity index (χ0v) is 39.7. The second-order valence-electron chi connectivity index (χ2n) is 16.8. The Bertz CT molecular complexity index is 2940. The van der Waals surface area contributed by atoms with Gasteiger partial charge in [0.25, 0.3) is 5.56 Å². The van der Waals surface area contributed by atoms with Crippen LogP contribution in [0.5, 0.6) is 5.75 Å². The molecule has 346 valence electrons. The molecule has 0 spiro atoms. The summed E-state index contributed by atoms with van der Waals surface area (Å²) in [5, 5.41) is 7.72. The van der Waals surface area contributed by atoms with Crippen molar-refractivity contribution in [3.63, 3.8) is 0 Å². The third-order valence-electron chi connectivity index (χ3n) is 10.8. The largest absolute Gasteiger partial charge is 0.497 e. The summed E-state index contributed by atoms with van der Waals surface area (Å²) >= 11 is 17.4. The number of methoxy groups -OCH3 is 1. The van der Waals surface area contributed by atoms with Crippen LogP contribution in [-0.4, -0.2) is 69.0 Å². The van der Waals surface area contributed by atoms with Crippen molar-refractivity contribution in [1.82, 2.24) is 29.6 Å². The van der Waals surface area contributed by atoms with E-state index in [0.29, 0.717) is 28.4 Å². The highest BCUT2D eigenvalue weighted by Gasteiger charge is 2.37. The van der Waals surface area contributed by atoms with Gasteiger partial charge in [0.15, 0.2) is 11.5 Å². The number of fused-ring (bicyclic) bond motifs is 2. The molecular formula is C44H44BrCl2F4N7O6S. The van der Waals surface area contributed by atoms with E-state index in [1.165, 1.54) is 30.0 Å². The predicted molar refractivity (Wildman–Crippen MR) is 245 cm³/mol. The van der Waals surface area contributed by atoms with E-state index >= 15 is 4.79 Å². The van der Waals surface area contributed by atoms with E-state index in [1.54, 1.807) is 45.0 Å². The molecule has 0 unspecified atom stereocenters. The van der Waals surface area contributed by atoms with Gasteiger partial charge >= 0.3 is 6.09 Å². The average Bonchev–Trinajstić information content (AvgIpc) is 3.58. The van der Waals surface area contributed by atoms with Crippen molar-refractivity contribution >= 4 is 83.0 Å². The van der Waals surface area contributed by atoms with Gasteiger partial charge in [-0.25, -0.2) is 45.0 Å². The van der Waals surface area contributed by atoms with Crippen LogP contribution in [0, 0.1) is 11.6 Å². The third-order valence-corrected chi connectivity index (χ3v) is 12.9. The summed E-state index contributed by atoms with van der Waals surface area (Å²) in [4.78, 5) is 38.6. The molecule has 0 radical (unpaired) electrons. The molecule has 1 saturated carbocycles. The van der Waals surface area contributed by atoms with Gasteiger partial charge in [-0.15, -0.1) is 0 Å². The van der Waals surface area contributed by atoms with Crippen LogP contribution in [0.4, 0.5) is 28.2 Å². The first kappa shape index (κ1) is 48.0. The van der Waals surface area contributed by atoms with E-state index in [9.17, 15) is 30.8 Å². The Balaban J connectivity index is 1.53. The molecule has 0 saturated heterocycles. The molecule has 7 rings (SSSR count). The van der Waals surface area contributed by atoms with Gasteiger partial charge in [-0.3, -0.25) is 14.0 Å². The van der Waals surface area contributed by atoms with Gasteiger partial charge in [0.2, 0.25) is 15.9 Å². The highest BCUT2D eigenvalue weighted by molar-refractivity contribution is 9.09. The third kappa shape index (κ3) is 10.7. The molecule has 3 heterocycles. The van der Waals surface area contributed by atoms with Crippen molar-refractivity contribution in [3.05, 3.63) is 115 Å². The van der Waals surface area contributed by atoms with Crippen LogP contribution < -0.4 is 19.9 Å². The van der Waals surface area contributed by atoms with E-state index in [4.69, 9.17) is 47.7 Å². The van der Waals surface area contributed by atoms with Gasteiger partial charge in [-0.1, -0.05) is 51.3 Å². The molecule has 1 amide bonds. The van der Waals surface area contributed by atoms with Crippen LogP contribution >= 0.6 is 39.1 Å². The highest BCUT2D eigenvalue weighted by atomic mass is 79.9. The molecule has 13 nitrogen and oxygen atoms in total. The normalized spacial score (nSPS) is 15.0. The number of alkyl carbamates (subject to hydrolysis) is 1. The van der Waals surface area contributed by atoms with Crippen molar-refractivity contribution in [1.29, 1.82) is 0 Å². The number of anilines is 1. The number of alkyl halides is 3. The maximum atomic E-state index is 15.4. The summed E-state index contributed by atoms with van der Waals surface area (Å²) < 4.78 is 100. The second kappa shape index (κ2) is 18.7. The quantitative estimate of drug-likeness (QED) is 0.0881. The fraction of sp³-hybridized carbons (Fsp3) is 0.386. The fourth-order valence-electron chi connectivity index (χ4n) is 7.89. The number of aromatic nitrogens is 5. The Morgan fingerprint density at radius 3 is 2.25 bits per heavy atom. The number of nitrogens with zero attached hydrogens (tertiary/aromatic N) is 6. The SMILES string of the molecule is COc1ccc(CN(c2nn(CCBr)c3c(-n4c([C@H](Cc5cc(F)cc(F)c5)NC(=O)OC(C)(C)C)nc5nc(C6CCC(F)(F)CC6)cc(Cl)c5c4=O)ccc(Cl)c23)S(C)(=O)=O)cc1. The molecule has 0 bridgehead atoms. The average molecular weight is 1030 g/mol. The lowest BCUT2D eigenvalue weighted by atomic mass is 9.84. The van der Waals surface area contributed by atoms with E-state index in [2.05, 4.69) is 21.2 Å². The molecule has 3 aromatic carbocycles. The zero-order valence-electron chi connectivity index (χ0n) is 35.8. The number of carbonyl (C=O) groups excluding carboxylic acids is 1. The van der Waals surface area contributed by atoms with Crippen molar-refractivity contribution < 1.29 is 40.2 Å².